The second kappa shape index (κ2) is 8.68. The van der Waals surface area contributed by atoms with Crippen molar-refractivity contribution in [3.63, 3.8) is 0 Å². The van der Waals surface area contributed by atoms with Gasteiger partial charge in [0.05, 0.1) is 42.6 Å². The lowest BCUT2D eigenvalue weighted by atomic mass is 9.98. The Hall–Kier alpha value is -4.69. The van der Waals surface area contributed by atoms with Crippen molar-refractivity contribution in [1.82, 2.24) is 0 Å². The van der Waals surface area contributed by atoms with Crippen LogP contribution in [0.3, 0.4) is 0 Å². The van der Waals surface area contributed by atoms with Gasteiger partial charge in [0, 0.05) is 28.8 Å². The zero-order chi connectivity index (χ0) is 25.4. The van der Waals surface area contributed by atoms with Crippen LogP contribution in [0.5, 0.6) is 0 Å². The van der Waals surface area contributed by atoms with Gasteiger partial charge in [-0.1, -0.05) is 13.3 Å². The Morgan fingerprint density at radius 3 is 1.88 bits per heavy atom. The maximum atomic E-state index is 12.8. The second-order valence-corrected chi connectivity index (χ2v) is 9.28. The molecule has 0 bridgehead atoms. The summed E-state index contributed by atoms with van der Waals surface area (Å²) in [5.74, 6) is -0.333. The van der Waals surface area contributed by atoms with E-state index in [2.05, 4.69) is 0 Å². The predicted molar refractivity (Wildman–Crippen MR) is 116 cm³/mol. The highest BCUT2D eigenvalue weighted by molar-refractivity contribution is 7.91. The van der Waals surface area contributed by atoms with Crippen LogP contribution >= 0.6 is 0 Å². The van der Waals surface area contributed by atoms with Gasteiger partial charge in [0.25, 0.3) is 17.1 Å². The Morgan fingerprint density at radius 2 is 1.41 bits per heavy atom. The van der Waals surface area contributed by atoms with Gasteiger partial charge in [-0.15, -0.1) is 0 Å². The summed E-state index contributed by atoms with van der Waals surface area (Å²) in [7, 11) is -4.03. The van der Waals surface area contributed by atoms with Crippen molar-refractivity contribution in [1.29, 1.82) is 10.5 Å². The number of hydrogen-bond acceptors (Lipinski definition) is 10. The van der Waals surface area contributed by atoms with Crippen molar-refractivity contribution in [3.05, 3.63) is 71.3 Å². The van der Waals surface area contributed by atoms with Crippen LogP contribution in [0.1, 0.15) is 30.9 Å². The van der Waals surface area contributed by atoms with Gasteiger partial charge in [-0.25, -0.2) is 8.42 Å². The lowest BCUT2D eigenvalue weighted by Gasteiger charge is -2.09. The first-order valence-corrected chi connectivity index (χ1v) is 11.2. The summed E-state index contributed by atoms with van der Waals surface area (Å²) in [5, 5.41) is 54.0. The maximum Gasteiger partial charge on any atom is 0.284 e. The molecular weight excluding hydrogens is 470 g/mol. The second-order valence-electron chi connectivity index (χ2n) is 7.17. The van der Waals surface area contributed by atoms with Gasteiger partial charge in [0.1, 0.15) is 17.7 Å². The molecule has 0 saturated carbocycles. The monoisotopic (exact) mass is 483 g/mol. The van der Waals surface area contributed by atoms with E-state index in [1.165, 1.54) is 0 Å². The molecule has 2 aromatic rings. The number of non-ortho nitro benzene ring substituents is 1. The molecule has 14 heteroatoms. The van der Waals surface area contributed by atoms with Crippen LogP contribution in [-0.4, -0.2) is 28.9 Å². The highest BCUT2D eigenvalue weighted by atomic mass is 32.2. The Bertz CT molecular complexity index is 1500. The van der Waals surface area contributed by atoms with E-state index < -0.39 is 63.3 Å². The lowest BCUT2D eigenvalue weighted by molar-refractivity contribution is -0.394. The quantitative estimate of drug-likeness (QED) is 0.269. The van der Waals surface area contributed by atoms with Gasteiger partial charge in [-0.2, -0.15) is 10.5 Å². The van der Waals surface area contributed by atoms with Gasteiger partial charge in [0.15, 0.2) is 9.84 Å². The molecular formula is C20H13N5O8S. The predicted octanol–water partition coefficient (Wildman–Crippen LogP) is 3.81. The van der Waals surface area contributed by atoms with Gasteiger partial charge >= 0.3 is 0 Å². The average Bonchev–Trinajstić information content (AvgIpc) is 3.11. The number of fused-ring (bicyclic) bond motifs is 3. The summed E-state index contributed by atoms with van der Waals surface area (Å²) in [6, 6.07) is 6.39. The van der Waals surface area contributed by atoms with E-state index in [0.29, 0.717) is 12.5 Å². The normalized spacial score (nSPS) is 11.7. The molecule has 0 spiro atoms. The Kier molecular flexibility index (Phi) is 6.12. The molecule has 0 N–H and O–H groups in total. The summed E-state index contributed by atoms with van der Waals surface area (Å²) >= 11 is 0. The van der Waals surface area contributed by atoms with Crippen molar-refractivity contribution in [2.24, 2.45) is 0 Å². The molecule has 0 amide bonds. The molecule has 0 heterocycles. The Balaban J connectivity index is 2.59. The lowest BCUT2D eigenvalue weighted by Crippen LogP contribution is -2.08. The first kappa shape index (κ1) is 24.0. The molecule has 13 nitrogen and oxygen atoms in total. The van der Waals surface area contributed by atoms with E-state index in [-0.39, 0.29) is 28.9 Å². The van der Waals surface area contributed by atoms with Crippen LogP contribution in [0, 0.1) is 53.0 Å². The summed E-state index contributed by atoms with van der Waals surface area (Å²) in [6.45, 7) is 1.75. The molecule has 0 aliphatic heterocycles. The van der Waals surface area contributed by atoms with E-state index in [1.54, 1.807) is 19.1 Å². The van der Waals surface area contributed by atoms with E-state index in [1.807, 2.05) is 0 Å². The standard InChI is InChI=1S/C20H13N5O8S/c1-2-3-4-34(32,33)13-7-15-18(11(9-21)10-22)14-5-12(23(26)27)6-16(24(28)29)19(14)20(15)17(8-13)25(30)31/h5-8H,2-4H2,1H3. The fraction of sp³-hybridized carbons (Fsp3) is 0.200. The number of sulfone groups is 1. The molecule has 3 rings (SSSR count). The number of nitrogens with zero attached hydrogens (tertiary/aromatic N) is 5. The van der Waals surface area contributed by atoms with E-state index >= 15 is 0 Å². The fourth-order valence-corrected chi connectivity index (χ4v) is 5.20. The minimum absolute atomic E-state index is 0.259. The largest absolute Gasteiger partial charge is 0.284 e. The molecule has 1 aliphatic rings. The van der Waals surface area contributed by atoms with Gasteiger partial charge in [-0.05, 0) is 12.5 Å². The number of unbranched alkanes of at least 4 members (excludes halogenated alkanes) is 1. The molecule has 0 aromatic heterocycles. The number of rotatable bonds is 7. The smallest absolute Gasteiger partial charge is 0.258 e. The van der Waals surface area contributed by atoms with Gasteiger partial charge < -0.3 is 0 Å². The van der Waals surface area contributed by atoms with Crippen LogP contribution in [-0.2, 0) is 9.84 Å². The molecule has 34 heavy (non-hydrogen) atoms. The molecule has 0 unspecified atom stereocenters. The van der Waals surface area contributed by atoms with E-state index in [0.717, 1.165) is 18.2 Å². The van der Waals surface area contributed by atoms with Crippen LogP contribution in [0.25, 0.3) is 16.7 Å². The number of nitriles is 2. The van der Waals surface area contributed by atoms with Gasteiger partial charge in [0.2, 0.25) is 0 Å². The van der Waals surface area contributed by atoms with Crippen LogP contribution in [0.15, 0.2) is 34.7 Å². The van der Waals surface area contributed by atoms with E-state index in [4.69, 9.17) is 0 Å². The minimum Gasteiger partial charge on any atom is -0.258 e. The number of nitro groups is 3. The zero-order valence-corrected chi connectivity index (χ0v) is 18.2. The highest BCUT2D eigenvalue weighted by Crippen LogP contribution is 2.54. The molecule has 0 radical (unpaired) electrons. The molecule has 0 fully saturated rings. The van der Waals surface area contributed by atoms with Crippen molar-refractivity contribution >= 4 is 32.5 Å². The molecule has 172 valence electrons. The van der Waals surface area contributed by atoms with Crippen molar-refractivity contribution < 1.29 is 23.2 Å². The van der Waals surface area contributed by atoms with Crippen LogP contribution < -0.4 is 0 Å². The summed E-state index contributed by atoms with van der Waals surface area (Å²) in [6.07, 6.45) is 0.779. The fourth-order valence-electron chi connectivity index (χ4n) is 3.71. The third-order valence-electron chi connectivity index (χ3n) is 5.19. The first-order chi connectivity index (χ1) is 16.0. The topological polar surface area (TPSA) is 211 Å². The van der Waals surface area contributed by atoms with Crippen molar-refractivity contribution in [3.8, 4) is 23.3 Å². The van der Waals surface area contributed by atoms with Gasteiger partial charge in [-0.3, -0.25) is 30.3 Å². The maximum absolute atomic E-state index is 12.8. The number of nitro benzene ring substituents is 3. The Morgan fingerprint density at radius 1 is 0.882 bits per heavy atom. The Labute approximate surface area is 191 Å². The minimum atomic E-state index is -4.03. The zero-order valence-electron chi connectivity index (χ0n) is 17.3. The van der Waals surface area contributed by atoms with E-state index in [9.17, 15) is 49.3 Å². The van der Waals surface area contributed by atoms with Crippen LogP contribution in [0.4, 0.5) is 17.1 Å². The number of benzene rings is 2. The highest BCUT2D eigenvalue weighted by Gasteiger charge is 2.41. The third-order valence-corrected chi connectivity index (χ3v) is 6.97. The van der Waals surface area contributed by atoms with Crippen molar-refractivity contribution in [2.75, 3.05) is 5.75 Å². The molecule has 1 aliphatic carbocycles. The molecule has 0 atom stereocenters. The average molecular weight is 483 g/mol. The molecule has 0 saturated heterocycles. The summed E-state index contributed by atoms with van der Waals surface area (Å²) in [5.41, 5.74) is -4.81. The van der Waals surface area contributed by atoms with Crippen molar-refractivity contribution in [2.45, 2.75) is 24.7 Å². The number of hydrogen-bond donors (Lipinski definition) is 0. The third kappa shape index (κ3) is 3.82. The SMILES string of the molecule is CCCCS(=O)(=O)c1cc2c(c([N+](=O)[O-])c1)-c1c(cc([N+](=O)[O-])cc1[N+](=O)[O-])C2=C(C#N)C#N. The summed E-state index contributed by atoms with van der Waals surface area (Å²) in [4.78, 5) is 31.7. The molecule has 2 aromatic carbocycles. The first-order valence-electron chi connectivity index (χ1n) is 9.56. The van der Waals surface area contributed by atoms with Crippen LogP contribution in [0.2, 0.25) is 0 Å². The number of allylic oxidation sites excluding steroid dienone is 1. The summed E-state index contributed by atoms with van der Waals surface area (Å²) < 4.78 is 25.6.